The number of piperidine rings is 1. The second-order valence-corrected chi connectivity index (χ2v) is 8.87. The van der Waals surface area contributed by atoms with Crippen LogP contribution in [0.3, 0.4) is 0 Å². The van der Waals surface area contributed by atoms with E-state index in [1.54, 1.807) is 12.1 Å². The van der Waals surface area contributed by atoms with Crippen LogP contribution in [-0.2, 0) is 6.54 Å². The second-order valence-electron chi connectivity index (χ2n) is 8.87. The predicted molar refractivity (Wildman–Crippen MR) is 126 cm³/mol. The lowest BCUT2D eigenvalue weighted by atomic mass is 9.99. The van der Waals surface area contributed by atoms with E-state index in [0.29, 0.717) is 44.5 Å². The number of fused-ring (bicyclic) bond motifs is 1. The molecule has 0 unspecified atom stereocenters. The molecule has 8 heteroatoms. The Morgan fingerprint density at radius 1 is 1.03 bits per heavy atom. The molecule has 2 saturated heterocycles. The third-order valence-electron chi connectivity index (χ3n) is 6.78. The molecule has 0 aliphatic carbocycles. The number of benzene rings is 1. The zero-order valence-electron chi connectivity index (χ0n) is 18.9. The maximum absolute atomic E-state index is 12.6. The SMILES string of the molecule is O=C(c1ccco1)N1CCN(c2nc(CN3CCCC[C@H]3CCO)nc3ccccc23)CC1. The van der Waals surface area contributed by atoms with Crippen LogP contribution >= 0.6 is 0 Å². The molecular weight excluding hydrogens is 418 g/mol. The van der Waals surface area contributed by atoms with Crippen LogP contribution in [0.25, 0.3) is 10.9 Å². The summed E-state index contributed by atoms with van der Waals surface area (Å²) in [5, 5.41) is 10.5. The third-order valence-corrected chi connectivity index (χ3v) is 6.78. The van der Waals surface area contributed by atoms with Crippen molar-refractivity contribution in [3.63, 3.8) is 0 Å². The van der Waals surface area contributed by atoms with E-state index < -0.39 is 0 Å². The highest BCUT2D eigenvalue weighted by molar-refractivity contribution is 5.92. The van der Waals surface area contributed by atoms with E-state index in [4.69, 9.17) is 14.4 Å². The Labute approximate surface area is 193 Å². The molecule has 2 fully saturated rings. The van der Waals surface area contributed by atoms with Crippen LogP contribution in [0.2, 0.25) is 0 Å². The van der Waals surface area contributed by atoms with Gasteiger partial charge < -0.3 is 19.3 Å². The first-order chi connectivity index (χ1) is 16.2. The van der Waals surface area contributed by atoms with Crippen molar-refractivity contribution < 1.29 is 14.3 Å². The van der Waals surface area contributed by atoms with Gasteiger partial charge in [-0.25, -0.2) is 9.97 Å². The maximum Gasteiger partial charge on any atom is 0.289 e. The lowest BCUT2D eigenvalue weighted by molar-refractivity contribution is 0.0714. The minimum absolute atomic E-state index is 0.0621. The number of aliphatic hydroxyl groups excluding tert-OH is 1. The summed E-state index contributed by atoms with van der Waals surface area (Å²) >= 11 is 0. The molecule has 0 saturated carbocycles. The highest BCUT2D eigenvalue weighted by Gasteiger charge is 2.27. The fraction of sp³-hybridized carbons (Fsp3) is 0.480. The van der Waals surface area contributed by atoms with Gasteiger partial charge in [0.1, 0.15) is 11.6 Å². The fourth-order valence-corrected chi connectivity index (χ4v) is 5.02. The summed E-state index contributed by atoms with van der Waals surface area (Å²) in [4.78, 5) is 29.1. The van der Waals surface area contributed by atoms with Gasteiger partial charge in [0.05, 0.1) is 18.3 Å². The summed E-state index contributed by atoms with van der Waals surface area (Å²) in [6, 6.07) is 12.0. The zero-order chi connectivity index (χ0) is 22.6. The number of furan rings is 1. The molecule has 1 N–H and O–H groups in total. The van der Waals surface area contributed by atoms with Gasteiger partial charge in [0, 0.05) is 44.2 Å². The van der Waals surface area contributed by atoms with Crippen molar-refractivity contribution in [1.29, 1.82) is 0 Å². The van der Waals surface area contributed by atoms with Gasteiger partial charge in [0.25, 0.3) is 5.91 Å². The van der Waals surface area contributed by atoms with Gasteiger partial charge in [0.15, 0.2) is 5.76 Å². The van der Waals surface area contributed by atoms with E-state index in [2.05, 4.69) is 15.9 Å². The molecule has 3 aromatic rings. The summed E-state index contributed by atoms with van der Waals surface area (Å²) in [5.41, 5.74) is 0.947. The average molecular weight is 450 g/mol. The number of hydrogen-bond acceptors (Lipinski definition) is 7. The molecule has 1 aromatic carbocycles. The molecule has 2 aromatic heterocycles. The monoisotopic (exact) mass is 449 g/mol. The number of aliphatic hydroxyl groups is 1. The number of carbonyl (C=O) groups excluding carboxylic acids is 1. The second kappa shape index (κ2) is 9.89. The maximum atomic E-state index is 12.6. The normalized spacial score (nSPS) is 19.8. The van der Waals surface area contributed by atoms with E-state index in [9.17, 15) is 9.90 Å². The minimum atomic E-state index is -0.0621. The van der Waals surface area contributed by atoms with Crippen LogP contribution < -0.4 is 4.90 Å². The van der Waals surface area contributed by atoms with Gasteiger partial charge in [-0.2, -0.15) is 0 Å². The summed E-state index contributed by atoms with van der Waals surface area (Å²) in [5.74, 6) is 2.09. The molecule has 33 heavy (non-hydrogen) atoms. The number of hydrogen-bond donors (Lipinski definition) is 1. The van der Waals surface area contributed by atoms with E-state index in [1.165, 1.54) is 19.1 Å². The summed E-state index contributed by atoms with van der Waals surface area (Å²) in [6.07, 6.45) is 5.84. The van der Waals surface area contributed by atoms with E-state index in [1.807, 2.05) is 23.1 Å². The largest absolute Gasteiger partial charge is 0.459 e. The van der Waals surface area contributed by atoms with Crippen LogP contribution in [0.4, 0.5) is 5.82 Å². The molecule has 2 aliphatic rings. The molecule has 1 atom stereocenters. The van der Waals surface area contributed by atoms with Crippen LogP contribution in [0.1, 0.15) is 42.1 Å². The number of piperazine rings is 1. The van der Waals surface area contributed by atoms with Gasteiger partial charge in [-0.15, -0.1) is 0 Å². The number of amides is 1. The molecule has 8 nitrogen and oxygen atoms in total. The highest BCUT2D eigenvalue weighted by Crippen LogP contribution is 2.27. The molecule has 2 aliphatic heterocycles. The first kappa shape index (κ1) is 21.9. The molecule has 4 heterocycles. The molecule has 0 spiro atoms. The van der Waals surface area contributed by atoms with Gasteiger partial charge in [-0.3, -0.25) is 9.69 Å². The lowest BCUT2D eigenvalue weighted by Gasteiger charge is -2.36. The Balaban J connectivity index is 1.36. The smallest absolute Gasteiger partial charge is 0.289 e. The predicted octanol–water partition coefficient (Wildman–Crippen LogP) is 2.92. The van der Waals surface area contributed by atoms with Gasteiger partial charge in [-0.1, -0.05) is 18.6 Å². The Hall–Kier alpha value is -2.97. The first-order valence-electron chi connectivity index (χ1n) is 11.9. The highest BCUT2D eigenvalue weighted by atomic mass is 16.3. The molecular formula is C25H31N5O3. The fourth-order valence-electron chi connectivity index (χ4n) is 5.02. The Morgan fingerprint density at radius 3 is 2.67 bits per heavy atom. The van der Waals surface area contributed by atoms with Crippen molar-refractivity contribution in [2.24, 2.45) is 0 Å². The number of para-hydroxylation sites is 1. The number of rotatable bonds is 6. The van der Waals surface area contributed by atoms with Crippen molar-refractivity contribution in [2.75, 3.05) is 44.2 Å². The number of carbonyl (C=O) groups is 1. The van der Waals surface area contributed by atoms with Crippen LogP contribution in [0, 0.1) is 0 Å². The first-order valence-corrected chi connectivity index (χ1v) is 11.9. The molecule has 174 valence electrons. The van der Waals surface area contributed by atoms with Crippen molar-refractivity contribution >= 4 is 22.6 Å². The molecule has 5 rings (SSSR count). The standard InChI is InChI=1S/C25H31N5O3/c31-16-10-19-6-3-4-11-30(19)18-23-26-21-8-2-1-7-20(21)24(27-23)28-12-14-29(15-13-28)25(32)22-9-5-17-33-22/h1-2,5,7-9,17,19,31H,3-4,6,10-16,18H2/t19-/m0/s1. The summed E-state index contributed by atoms with van der Waals surface area (Å²) in [6.45, 7) is 4.60. The van der Waals surface area contributed by atoms with E-state index in [-0.39, 0.29) is 12.5 Å². The van der Waals surface area contributed by atoms with Crippen molar-refractivity contribution in [1.82, 2.24) is 19.8 Å². The molecule has 0 radical (unpaired) electrons. The van der Waals surface area contributed by atoms with Crippen molar-refractivity contribution in [3.8, 4) is 0 Å². The molecule has 0 bridgehead atoms. The Bertz CT molecular complexity index is 1080. The quantitative estimate of drug-likeness (QED) is 0.619. The van der Waals surface area contributed by atoms with Crippen LogP contribution in [-0.4, -0.2) is 76.2 Å². The number of nitrogens with zero attached hydrogens (tertiary/aromatic N) is 5. The zero-order valence-corrected chi connectivity index (χ0v) is 18.9. The minimum Gasteiger partial charge on any atom is -0.459 e. The van der Waals surface area contributed by atoms with Crippen LogP contribution in [0.15, 0.2) is 47.1 Å². The lowest BCUT2D eigenvalue weighted by Crippen LogP contribution is -2.49. The van der Waals surface area contributed by atoms with Crippen LogP contribution in [0.5, 0.6) is 0 Å². The molecule has 1 amide bonds. The average Bonchev–Trinajstić information content (AvgIpc) is 3.40. The Morgan fingerprint density at radius 2 is 1.88 bits per heavy atom. The summed E-state index contributed by atoms with van der Waals surface area (Å²) in [7, 11) is 0. The van der Waals surface area contributed by atoms with Crippen molar-refractivity contribution in [2.45, 2.75) is 38.3 Å². The Kier molecular flexibility index (Phi) is 6.55. The van der Waals surface area contributed by atoms with E-state index in [0.717, 1.165) is 41.9 Å². The summed E-state index contributed by atoms with van der Waals surface area (Å²) < 4.78 is 5.29. The third kappa shape index (κ3) is 4.72. The van der Waals surface area contributed by atoms with Gasteiger partial charge in [-0.05, 0) is 50.1 Å². The van der Waals surface area contributed by atoms with Crippen molar-refractivity contribution in [3.05, 3.63) is 54.2 Å². The topological polar surface area (TPSA) is 85.9 Å². The number of aromatic nitrogens is 2. The van der Waals surface area contributed by atoms with Gasteiger partial charge >= 0.3 is 0 Å². The van der Waals surface area contributed by atoms with E-state index >= 15 is 0 Å². The number of anilines is 1. The van der Waals surface area contributed by atoms with Gasteiger partial charge in [0.2, 0.25) is 0 Å². The number of likely N-dealkylation sites (tertiary alicyclic amines) is 1.